The molecule has 0 aliphatic carbocycles. The van der Waals surface area contributed by atoms with E-state index in [2.05, 4.69) is 20.9 Å². The molecule has 0 aliphatic heterocycles. The average molecular weight is 204 g/mol. The van der Waals surface area contributed by atoms with Crippen LogP contribution in [-0.2, 0) is 0 Å². The van der Waals surface area contributed by atoms with Gasteiger partial charge >= 0.3 is 0 Å². The lowest BCUT2D eigenvalue weighted by Crippen LogP contribution is -1.88. The number of pyridine rings is 1. The van der Waals surface area contributed by atoms with Crippen molar-refractivity contribution in [3.05, 3.63) is 29.8 Å². The number of rotatable bonds is 1. The summed E-state index contributed by atoms with van der Waals surface area (Å²) in [6.45, 7) is 1.94. The minimum absolute atomic E-state index is 0.188. The van der Waals surface area contributed by atoms with Crippen LogP contribution in [0.5, 0.6) is 0 Å². The molecule has 1 aromatic rings. The fourth-order valence-electron chi connectivity index (χ4n) is 0.623. The molecule has 0 saturated heterocycles. The summed E-state index contributed by atoms with van der Waals surface area (Å²) in [5.41, 5.74) is 0.849. The maximum Gasteiger partial charge on any atom is 0.141 e. The number of aromatic nitrogens is 1. The molecule has 1 aromatic heterocycles. The highest BCUT2D eigenvalue weighted by Gasteiger charge is 2.00. The first-order valence-corrected chi connectivity index (χ1v) is 3.87. The van der Waals surface area contributed by atoms with Gasteiger partial charge in [-0.15, -0.1) is 0 Å². The number of hydrogen-bond donors (Lipinski definition) is 0. The van der Waals surface area contributed by atoms with Crippen LogP contribution in [0.2, 0.25) is 0 Å². The third-order valence-electron chi connectivity index (χ3n) is 1.16. The van der Waals surface area contributed by atoms with Crippen LogP contribution < -0.4 is 0 Å². The SMILES string of the molecule is CC(Br)c1ccc(F)cn1. The van der Waals surface area contributed by atoms with Gasteiger partial charge in [-0.3, -0.25) is 4.98 Å². The first-order valence-electron chi connectivity index (χ1n) is 2.95. The zero-order chi connectivity index (χ0) is 7.56. The van der Waals surface area contributed by atoms with E-state index in [1.807, 2.05) is 6.92 Å². The van der Waals surface area contributed by atoms with Crippen molar-refractivity contribution in [2.75, 3.05) is 0 Å². The van der Waals surface area contributed by atoms with E-state index in [4.69, 9.17) is 0 Å². The van der Waals surface area contributed by atoms with Gasteiger partial charge in [-0.25, -0.2) is 4.39 Å². The number of hydrogen-bond acceptors (Lipinski definition) is 1. The Kier molecular flexibility index (Phi) is 2.38. The molecular formula is C7H7BrFN. The number of nitrogens with zero attached hydrogens (tertiary/aromatic N) is 1. The Labute approximate surface area is 67.4 Å². The van der Waals surface area contributed by atoms with Gasteiger partial charge in [0, 0.05) is 0 Å². The summed E-state index contributed by atoms with van der Waals surface area (Å²) in [6, 6.07) is 3.06. The summed E-state index contributed by atoms with van der Waals surface area (Å²) in [5.74, 6) is -0.295. The predicted molar refractivity (Wildman–Crippen MR) is 41.5 cm³/mol. The molecule has 1 nitrogen and oxygen atoms in total. The summed E-state index contributed by atoms with van der Waals surface area (Å²) in [4.78, 5) is 4.04. The molecule has 10 heavy (non-hydrogen) atoms. The molecule has 0 aromatic carbocycles. The minimum Gasteiger partial charge on any atom is -0.257 e. The Morgan fingerprint density at radius 2 is 2.30 bits per heavy atom. The fourth-order valence-corrected chi connectivity index (χ4v) is 0.893. The van der Waals surface area contributed by atoms with Crippen molar-refractivity contribution >= 4 is 15.9 Å². The zero-order valence-corrected chi connectivity index (χ0v) is 7.10. The Morgan fingerprint density at radius 3 is 2.70 bits per heavy atom. The normalized spacial score (nSPS) is 13.1. The van der Waals surface area contributed by atoms with Gasteiger partial charge in [-0.05, 0) is 19.1 Å². The molecule has 0 bridgehead atoms. The molecule has 0 aliphatic rings. The van der Waals surface area contributed by atoms with Crippen LogP contribution in [0.3, 0.4) is 0 Å². The highest BCUT2D eigenvalue weighted by atomic mass is 79.9. The largest absolute Gasteiger partial charge is 0.257 e. The molecule has 0 spiro atoms. The molecule has 54 valence electrons. The summed E-state index contributed by atoms with van der Waals surface area (Å²) >= 11 is 3.32. The van der Waals surface area contributed by atoms with Crippen LogP contribution in [0.4, 0.5) is 4.39 Å². The lowest BCUT2D eigenvalue weighted by molar-refractivity contribution is 0.619. The second-order valence-electron chi connectivity index (χ2n) is 2.02. The van der Waals surface area contributed by atoms with Gasteiger partial charge in [-0.1, -0.05) is 15.9 Å². The lowest BCUT2D eigenvalue weighted by Gasteiger charge is -1.99. The first kappa shape index (κ1) is 7.66. The van der Waals surface area contributed by atoms with Crippen molar-refractivity contribution in [2.24, 2.45) is 0 Å². The average Bonchev–Trinajstić information content (AvgIpc) is 1.88. The van der Waals surface area contributed by atoms with E-state index >= 15 is 0 Å². The summed E-state index contributed by atoms with van der Waals surface area (Å²) < 4.78 is 12.3. The maximum atomic E-state index is 12.3. The molecule has 0 radical (unpaired) electrons. The van der Waals surface area contributed by atoms with Crippen molar-refractivity contribution in [2.45, 2.75) is 11.8 Å². The van der Waals surface area contributed by atoms with Gasteiger partial charge < -0.3 is 0 Å². The Morgan fingerprint density at radius 1 is 1.60 bits per heavy atom. The molecule has 0 N–H and O–H groups in total. The summed E-state index contributed by atoms with van der Waals surface area (Å²) in [5, 5.41) is 0. The molecular weight excluding hydrogens is 197 g/mol. The number of halogens is 2. The Bertz CT molecular complexity index is 207. The third kappa shape index (κ3) is 1.77. The molecule has 0 amide bonds. The lowest BCUT2D eigenvalue weighted by atomic mass is 10.3. The molecule has 3 heteroatoms. The standard InChI is InChI=1S/C7H7BrFN/c1-5(8)7-3-2-6(9)4-10-7/h2-5H,1H3. The summed E-state index contributed by atoms with van der Waals surface area (Å²) in [7, 11) is 0. The van der Waals surface area contributed by atoms with E-state index in [1.165, 1.54) is 12.3 Å². The topological polar surface area (TPSA) is 12.9 Å². The Hall–Kier alpha value is -0.440. The van der Waals surface area contributed by atoms with Gasteiger partial charge in [-0.2, -0.15) is 0 Å². The van der Waals surface area contributed by atoms with Crippen LogP contribution in [0.15, 0.2) is 18.3 Å². The van der Waals surface area contributed by atoms with Gasteiger partial charge in [0.1, 0.15) is 5.82 Å². The van der Waals surface area contributed by atoms with Crippen molar-refractivity contribution in [3.8, 4) is 0 Å². The molecule has 1 rings (SSSR count). The van der Waals surface area contributed by atoms with Crippen molar-refractivity contribution in [1.82, 2.24) is 4.98 Å². The highest BCUT2D eigenvalue weighted by molar-refractivity contribution is 9.09. The van der Waals surface area contributed by atoms with Crippen LogP contribution in [0.25, 0.3) is 0 Å². The van der Waals surface area contributed by atoms with Gasteiger partial charge in [0.2, 0.25) is 0 Å². The second kappa shape index (κ2) is 3.10. The smallest absolute Gasteiger partial charge is 0.141 e. The van der Waals surface area contributed by atoms with Crippen LogP contribution in [-0.4, -0.2) is 4.98 Å². The van der Waals surface area contributed by atoms with Crippen LogP contribution in [0.1, 0.15) is 17.4 Å². The van der Waals surface area contributed by atoms with Crippen molar-refractivity contribution < 1.29 is 4.39 Å². The van der Waals surface area contributed by atoms with Gasteiger partial charge in [0.25, 0.3) is 0 Å². The molecule has 0 fully saturated rings. The fraction of sp³-hybridized carbons (Fsp3) is 0.286. The van der Waals surface area contributed by atoms with Crippen LogP contribution >= 0.6 is 15.9 Å². The zero-order valence-electron chi connectivity index (χ0n) is 5.51. The number of alkyl halides is 1. The maximum absolute atomic E-state index is 12.3. The summed E-state index contributed by atoms with van der Waals surface area (Å²) in [6.07, 6.45) is 1.22. The quantitative estimate of drug-likeness (QED) is 0.640. The molecule has 1 heterocycles. The minimum atomic E-state index is -0.295. The van der Waals surface area contributed by atoms with E-state index in [0.717, 1.165) is 5.69 Å². The monoisotopic (exact) mass is 203 g/mol. The molecule has 0 saturated carbocycles. The highest BCUT2D eigenvalue weighted by Crippen LogP contribution is 2.18. The third-order valence-corrected chi connectivity index (χ3v) is 1.63. The molecule has 1 atom stereocenters. The van der Waals surface area contributed by atoms with E-state index in [-0.39, 0.29) is 10.6 Å². The Balaban J connectivity index is 2.89. The van der Waals surface area contributed by atoms with Gasteiger partial charge in [0.05, 0.1) is 16.7 Å². The van der Waals surface area contributed by atoms with Crippen molar-refractivity contribution in [1.29, 1.82) is 0 Å². The van der Waals surface area contributed by atoms with E-state index in [0.29, 0.717) is 0 Å². The molecule has 1 unspecified atom stereocenters. The van der Waals surface area contributed by atoms with Gasteiger partial charge in [0.15, 0.2) is 0 Å². The second-order valence-corrected chi connectivity index (χ2v) is 3.39. The van der Waals surface area contributed by atoms with Crippen LogP contribution in [0, 0.1) is 5.82 Å². The predicted octanol–water partition coefficient (Wildman–Crippen LogP) is 2.68. The first-order chi connectivity index (χ1) is 4.70. The van der Waals surface area contributed by atoms with Crippen molar-refractivity contribution in [3.63, 3.8) is 0 Å². The van der Waals surface area contributed by atoms with E-state index < -0.39 is 0 Å². The van der Waals surface area contributed by atoms with E-state index in [1.54, 1.807) is 6.07 Å². The van der Waals surface area contributed by atoms with E-state index in [9.17, 15) is 4.39 Å².